The maximum absolute atomic E-state index is 10.3. The molecule has 0 aromatic heterocycles. The Morgan fingerprint density at radius 1 is 1.50 bits per heavy atom. The molecule has 0 radical (unpaired) electrons. The Morgan fingerprint density at radius 3 is 2.71 bits per heavy atom. The van der Waals surface area contributed by atoms with Gasteiger partial charge in [0.2, 0.25) is 0 Å². The summed E-state index contributed by atoms with van der Waals surface area (Å²) in [6.07, 6.45) is 1.02. The highest BCUT2D eigenvalue weighted by molar-refractivity contribution is 6.31. The van der Waals surface area contributed by atoms with Crippen LogP contribution in [-0.4, -0.2) is 16.5 Å². The topological polar surface area (TPSA) is 57.5 Å². The summed E-state index contributed by atoms with van der Waals surface area (Å²) in [4.78, 5) is 10.3. The fourth-order valence-electron chi connectivity index (χ4n) is 1.30. The van der Waals surface area contributed by atoms with Crippen LogP contribution < -0.4 is 0 Å². The average Bonchev–Trinajstić information content (AvgIpc) is 2.13. The van der Waals surface area contributed by atoms with E-state index < -0.39 is 0 Å². The minimum Gasteiger partial charge on any atom is -0.504 e. The lowest BCUT2D eigenvalue weighted by Gasteiger charge is -2.13. The Kier molecular flexibility index (Phi) is 3.36. The van der Waals surface area contributed by atoms with E-state index in [-0.39, 0.29) is 23.8 Å². The molecular weight excluding hydrogens is 204 g/mol. The van der Waals surface area contributed by atoms with Crippen molar-refractivity contribution in [1.29, 1.82) is 0 Å². The molecule has 0 saturated heterocycles. The molecule has 1 aromatic carbocycles. The lowest BCUT2D eigenvalue weighted by molar-refractivity contribution is -0.108. The molecule has 76 valence electrons. The number of hydrogen-bond donors (Lipinski definition) is 2. The Balaban J connectivity index is 3.17. The second-order valence-corrected chi connectivity index (χ2v) is 3.54. The minimum atomic E-state index is -0.244. The lowest BCUT2D eigenvalue weighted by Crippen LogP contribution is -1.96. The van der Waals surface area contributed by atoms with E-state index in [9.17, 15) is 15.0 Å². The molecule has 0 aliphatic rings. The highest BCUT2D eigenvalue weighted by Crippen LogP contribution is 2.39. The van der Waals surface area contributed by atoms with Gasteiger partial charge in [-0.1, -0.05) is 18.5 Å². The van der Waals surface area contributed by atoms with Crippen LogP contribution in [0.3, 0.4) is 0 Å². The van der Waals surface area contributed by atoms with Crippen molar-refractivity contribution in [2.75, 3.05) is 0 Å². The normalized spacial score (nSPS) is 12.4. The number of rotatable bonds is 3. The Hall–Kier alpha value is -1.22. The molecule has 0 aliphatic carbocycles. The first-order valence-electron chi connectivity index (χ1n) is 4.22. The molecule has 1 rings (SSSR count). The average molecular weight is 215 g/mol. The third kappa shape index (κ3) is 1.99. The van der Waals surface area contributed by atoms with Gasteiger partial charge in [-0.25, -0.2) is 0 Å². The van der Waals surface area contributed by atoms with Gasteiger partial charge in [0.05, 0.1) is 0 Å². The van der Waals surface area contributed by atoms with Crippen LogP contribution in [0.1, 0.15) is 24.8 Å². The van der Waals surface area contributed by atoms with E-state index in [4.69, 9.17) is 11.6 Å². The number of aromatic hydroxyl groups is 2. The van der Waals surface area contributed by atoms with Crippen LogP contribution in [0, 0.1) is 0 Å². The number of hydrogen-bond acceptors (Lipinski definition) is 3. The quantitative estimate of drug-likeness (QED) is 0.600. The molecule has 1 atom stereocenters. The number of carbonyl (C=O) groups excluding carboxylic acids is 1. The zero-order chi connectivity index (χ0) is 10.7. The predicted molar refractivity (Wildman–Crippen MR) is 53.9 cm³/mol. The standard InChI is InChI=1S/C10H11ClO3/c1-6(4-5-12)9-7(11)2-3-8(13)10(9)14/h2-3,5-6,13-14H,4H2,1H3. The van der Waals surface area contributed by atoms with E-state index in [0.717, 1.165) is 6.29 Å². The summed E-state index contributed by atoms with van der Waals surface area (Å²) < 4.78 is 0. The minimum absolute atomic E-state index is 0.202. The van der Waals surface area contributed by atoms with E-state index in [0.29, 0.717) is 10.6 Å². The predicted octanol–water partition coefficient (Wildman–Crippen LogP) is 2.44. The molecule has 3 nitrogen and oxygen atoms in total. The molecule has 2 N–H and O–H groups in total. The third-order valence-corrected chi connectivity index (χ3v) is 2.41. The molecule has 0 bridgehead atoms. The van der Waals surface area contributed by atoms with Crippen LogP contribution in [0.25, 0.3) is 0 Å². The van der Waals surface area contributed by atoms with E-state index in [1.165, 1.54) is 12.1 Å². The number of halogens is 1. The van der Waals surface area contributed by atoms with Gasteiger partial charge in [-0.3, -0.25) is 0 Å². The molecule has 0 fully saturated rings. The zero-order valence-corrected chi connectivity index (χ0v) is 8.45. The number of phenolic OH excluding ortho intramolecular Hbond substituents is 2. The molecule has 0 aliphatic heterocycles. The van der Waals surface area contributed by atoms with Gasteiger partial charge >= 0.3 is 0 Å². The van der Waals surface area contributed by atoms with Crippen LogP contribution in [0.4, 0.5) is 0 Å². The first-order valence-corrected chi connectivity index (χ1v) is 4.59. The second-order valence-electron chi connectivity index (χ2n) is 3.13. The van der Waals surface area contributed by atoms with Gasteiger partial charge in [-0.15, -0.1) is 0 Å². The SMILES string of the molecule is CC(CC=O)c1c(Cl)ccc(O)c1O. The highest BCUT2D eigenvalue weighted by atomic mass is 35.5. The lowest BCUT2D eigenvalue weighted by atomic mass is 9.97. The molecule has 0 heterocycles. The largest absolute Gasteiger partial charge is 0.504 e. The fraction of sp³-hybridized carbons (Fsp3) is 0.300. The number of benzene rings is 1. The van der Waals surface area contributed by atoms with Crippen molar-refractivity contribution in [3.05, 3.63) is 22.7 Å². The fourth-order valence-corrected chi connectivity index (χ4v) is 1.64. The van der Waals surface area contributed by atoms with E-state index in [1.807, 2.05) is 0 Å². The molecule has 14 heavy (non-hydrogen) atoms. The Labute approximate surface area is 86.9 Å². The van der Waals surface area contributed by atoms with E-state index in [2.05, 4.69) is 0 Å². The van der Waals surface area contributed by atoms with Crippen molar-refractivity contribution in [2.45, 2.75) is 19.3 Å². The summed E-state index contributed by atoms with van der Waals surface area (Å²) in [7, 11) is 0. The Bertz CT molecular complexity index is 349. The second kappa shape index (κ2) is 4.33. The van der Waals surface area contributed by atoms with Crippen LogP contribution in [-0.2, 0) is 4.79 Å². The van der Waals surface area contributed by atoms with Crippen molar-refractivity contribution in [1.82, 2.24) is 0 Å². The molecule has 1 unspecified atom stereocenters. The van der Waals surface area contributed by atoms with Crippen LogP contribution in [0.15, 0.2) is 12.1 Å². The molecule has 0 saturated carbocycles. The number of aldehydes is 1. The zero-order valence-electron chi connectivity index (χ0n) is 7.70. The van der Waals surface area contributed by atoms with Crippen molar-refractivity contribution in [2.24, 2.45) is 0 Å². The van der Waals surface area contributed by atoms with Crippen LogP contribution >= 0.6 is 11.6 Å². The van der Waals surface area contributed by atoms with Crippen molar-refractivity contribution in [3.8, 4) is 11.5 Å². The number of carbonyl (C=O) groups is 1. The van der Waals surface area contributed by atoms with Gasteiger partial charge in [0.25, 0.3) is 0 Å². The molecular formula is C10H11ClO3. The summed E-state index contributed by atoms with van der Waals surface area (Å²) in [5.74, 6) is -0.666. The van der Waals surface area contributed by atoms with Crippen molar-refractivity contribution in [3.63, 3.8) is 0 Å². The summed E-state index contributed by atoms with van der Waals surface area (Å²) in [5, 5.41) is 19.1. The smallest absolute Gasteiger partial charge is 0.162 e. The third-order valence-electron chi connectivity index (χ3n) is 2.09. The van der Waals surface area contributed by atoms with E-state index in [1.54, 1.807) is 6.92 Å². The van der Waals surface area contributed by atoms with Crippen LogP contribution in [0.2, 0.25) is 5.02 Å². The number of phenols is 2. The first-order chi connectivity index (χ1) is 6.57. The highest BCUT2D eigenvalue weighted by Gasteiger charge is 2.16. The van der Waals surface area contributed by atoms with E-state index >= 15 is 0 Å². The van der Waals surface area contributed by atoms with Gasteiger partial charge in [0, 0.05) is 17.0 Å². The summed E-state index contributed by atoms with van der Waals surface area (Å²) in [6, 6.07) is 2.81. The van der Waals surface area contributed by atoms with Gasteiger partial charge in [-0.05, 0) is 18.1 Å². The van der Waals surface area contributed by atoms with Gasteiger partial charge < -0.3 is 15.0 Å². The molecule has 0 spiro atoms. The molecule has 0 amide bonds. The summed E-state index contributed by atoms with van der Waals surface area (Å²) in [5.41, 5.74) is 0.416. The first kappa shape index (κ1) is 10.9. The monoisotopic (exact) mass is 214 g/mol. The maximum Gasteiger partial charge on any atom is 0.162 e. The van der Waals surface area contributed by atoms with Gasteiger partial charge in [0.1, 0.15) is 6.29 Å². The van der Waals surface area contributed by atoms with Crippen LogP contribution in [0.5, 0.6) is 11.5 Å². The summed E-state index contributed by atoms with van der Waals surface area (Å²) in [6.45, 7) is 1.76. The molecule has 4 heteroatoms. The van der Waals surface area contributed by atoms with Gasteiger partial charge in [-0.2, -0.15) is 0 Å². The van der Waals surface area contributed by atoms with Crippen molar-refractivity contribution >= 4 is 17.9 Å². The Morgan fingerprint density at radius 2 is 2.14 bits per heavy atom. The van der Waals surface area contributed by atoms with Gasteiger partial charge in [0.15, 0.2) is 11.5 Å². The van der Waals surface area contributed by atoms with Crippen molar-refractivity contribution < 1.29 is 15.0 Å². The molecule has 1 aromatic rings. The maximum atomic E-state index is 10.3. The summed E-state index contributed by atoms with van der Waals surface area (Å²) >= 11 is 5.85.